The van der Waals surface area contributed by atoms with Crippen LogP contribution < -0.4 is 16.4 Å². The van der Waals surface area contributed by atoms with Crippen LogP contribution in [0.2, 0.25) is 10.0 Å². The number of Topliss-reactive ketones (excluding diaryl/α,β-unsaturated/α-hetero) is 1. The predicted molar refractivity (Wildman–Crippen MR) is 124 cm³/mol. The highest BCUT2D eigenvalue weighted by Crippen LogP contribution is 2.39. The largest absolute Gasteiger partial charge is 0.389 e. The minimum absolute atomic E-state index is 0.132. The van der Waals surface area contributed by atoms with E-state index in [-0.39, 0.29) is 23.9 Å². The van der Waals surface area contributed by atoms with E-state index in [4.69, 9.17) is 34.7 Å². The standard InChI is InChI=1S/C21H21Cl2N5OS/c22-14-4-1-5-15(23)18(14)21-27-19(20(25)30-21)17(29)9-12-10-26-7-6-16(12)28-8-2-3-13(24)11-28/h1,4-7,10,13H,2-3,8-9,11,24-25H2/t13-/m0/s1. The van der Waals surface area contributed by atoms with Gasteiger partial charge in [-0.1, -0.05) is 40.6 Å². The van der Waals surface area contributed by atoms with Gasteiger partial charge in [0.15, 0.2) is 5.78 Å². The minimum Gasteiger partial charge on any atom is -0.389 e. The van der Waals surface area contributed by atoms with Gasteiger partial charge in [-0.2, -0.15) is 0 Å². The molecule has 0 amide bonds. The summed E-state index contributed by atoms with van der Waals surface area (Å²) in [6.07, 6.45) is 5.65. The number of carbonyl (C=O) groups is 1. The lowest BCUT2D eigenvalue weighted by Crippen LogP contribution is -2.43. The molecule has 0 spiro atoms. The lowest BCUT2D eigenvalue weighted by atomic mass is 10.0. The molecular formula is C21H21Cl2N5OS. The first-order valence-corrected chi connectivity index (χ1v) is 11.2. The van der Waals surface area contributed by atoms with Gasteiger partial charge in [-0.05, 0) is 31.0 Å². The Labute approximate surface area is 188 Å². The summed E-state index contributed by atoms with van der Waals surface area (Å²) in [7, 11) is 0. The van der Waals surface area contributed by atoms with Crippen LogP contribution in [-0.4, -0.2) is 34.9 Å². The van der Waals surface area contributed by atoms with Crippen LogP contribution in [0.1, 0.15) is 28.9 Å². The van der Waals surface area contributed by atoms with E-state index in [0.29, 0.717) is 25.6 Å². The van der Waals surface area contributed by atoms with Gasteiger partial charge in [0, 0.05) is 54.8 Å². The van der Waals surface area contributed by atoms with Crippen LogP contribution in [0.5, 0.6) is 0 Å². The lowest BCUT2D eigenvalue weighted by Gasteiger charge is -2.33. The van der Waals surface area contributed by atoms with Gasteiger partial charge in [0.05, 0.1) is 10.0 Å². The van der Waals surface area contributed by atoms with E-state index < -0.39 is 0 Å². The van der Waals surface area contributed by atoms with Gasteiger partial charge >= 0.3 is 0 Å². The molecule has 1 aliphatic heterocycles. The van der Waals surface area contributed by atoms with Crippen LogP contribution in [0, 0.1) is 0 Å². The predicted octanol–water partition coefficient (Wildman–Crippen LogP) is 4.45. The number of benzene rings is 1. The molecule has 1 atom stereocenters. The molecular weight excluding hydrogens is 441 g/mol. The van der Waals surface area contributed by atoms with Crippen LogP contribution in [0.3, 0.4) is 0 Å². The maximum atomic E-state index is 13.1. The maximum Gasteiger partial charge on any atom is 0.188 e. The minimum atomic E-state index is -0.172. The van der Waals surface area contributed by atoms with Crippen LogP contribution in [0.25, 0.3) is 10.6 Å². The lowest BCUT2D eigenvalue weighted by molar-refractivity contribution is 0.0989. The fourth-order valence-electron chi connectivity index (χ4n) is 3.69. The van der Waals surface area contributed by atoms with Crippen molar-refractivity contribution >= 4 is 51.0 Å². The molecule has 0 aliphatic carbocycles. The third kappa shape index (κ3) is 4.30. The van der Waals surface area contributed by atoms with E-state index in [1.54, 1.807) is 30.6 Å². The number of rotatable bonds is 5. The van der Waals surface area contributed by atoms with Gasteiger partial charge in [0.2, 0.25) is 0 Å². The SMILES string of the molecule is Nc1sc(-c2c(Cl)cccc2Cl)nc1C(=O)Cc1cnccc1N1CCC[C@H](N)C1. The normalized spacial score (nSPS) is 16.6. The van der Waals surface area contributed by atoms with Crippen molar-refractivity contribution in [3.8, 4) is 10.6 Å². The molecule has 1 aromatic carbocycles. The Bertz CT molecular complexity index is 1070. The zero-order chi connectivity index (χ0) is 21.3. The molecule has 1 aliphatic rings. The van der Waals surface area contributed by atoms with E-state index in [0.717, 1.165) is 37.2 Å². The molecule has 2 aromatic heterocycles. The number of pyridine rings is 1. The number of nitrogens with zero attached hydrogens (tertiary/aromatic N) is 3. The molecule has 4 N–H and O–H groups in total. The topological polar surface area (TPSA) is 98.1 Å². The molecule has 3 heterocycles. The first-order valence-electron chi connectivity index (χ1n) is 9.61. The average molecular weight is 462 g/mol. The summed E-state index contributed by atoms with van der Waals surface area (Å²) in [5.74, 6) is -0.172. The molecule has 30 heavy (non-hydrogen) atoms. The molecule has 9 heteroatoms. The average Bonchev–Trinajstić information content (AvgIpc) is 3.09. The molecule has 4 rings (SSSR count). The van der Waals surface area contributed by atoms with Gasteiger partial charge < -0.3 is 16.4 Å². The molecule has 6 nitrogen and oxygen atoms in total. The van der Waals surface area contributed by atoms with Crippen molar-refractivity contribution in [1.29, 1.82) is 0 Å². The third-order valence-corrected chi connectivity index (χ3v) is 6.65. The Balaban J connectivity index is 1.61. The van der Waals surface area contributed by atoms with Crippen molar-refractivity contribution in [2.75, 3.05) is 23.7 Å². The van der Waals surface area contributed by atoms with Gasteiger partial charge in [0.1, 0.15) is 15.7 Å². The molecule has 156 valence electrons. The van der Waals surface area contributed by atoms with E-state index in [1.165, 1.54) is 11.3 Å². The number of piperidine rings is 1. The number of thiazole rings is 1. The first-order chi connectivity index (χ1) is 14.4. The number of nitrogens with two attached hydrogens (primary N) is 2. The Morgan fingerprint density at radius 1 is 1.27 bits per heavy atom. The number of nitrogen functional groups attached to an aromatic ring is 1. The highest BCUT2D eigenvalue weighted by Gasteiger charge is 2.23. The zero-order valence-corrected chi connectivity index (χ0v) is 18.5. The molecule has 0 unspecified atom stereocenters. The smallest absolute Gasteiger partial charge is 0.188 e. The van der Waals surface area contributed by atoms with Crippen molar-refractivity contribution < 1.29 is 4.79 Å². The maximum absolute atomic E-state index is 13.1. The van der Waals surface area contributed by atoms with Crippen molar-refractivity contribution in [3.05, 3.63) is 58.0 Å². The van der Waals surface area contributed by atoms with Crippen molar-refractivity contribution in [2.24, 2.45) is 5.73 Å². The Morgan fingerprint density at radius 2 is 2.03 bits per heavy atom. The van der Waals surface area contributed by atoms with Crippen molar-refractivity contribution in [1.82, 2.24) is 9.97 Å². The van der Waals surface area contributed by atoms with E-state index >= 15 is 0 Å². The fourth-order valence-corrected chi connectivity index (χ4v) is 5.30. The molecule has 3 aromatic rings. The number of ketones is 1. The first kappa shape index (κ1) is 21.1. The van der Waals surface area contributed by atoms with Crippen molar-refractivity contribution in [2.45, 2.75) is 25.3 Å². The Hall–Kier alpha value is -2.19. The van der Waals surface area contributed by atoms with Crippen LogP contribution >= 0.6 is 34.5 Å². The number of carbonyl (C=O) groups excluding carboxylic acids is 1. The van der Waals surface area contributed by atoms with Crippen LogP contribution in [0.4, 0.5) is 10.7 Å². The number of hydrogen-bond donors (Lipinski definition) is 2. The summed E-state index contributed by atoms with van der Waals surface area (Å²) in [6, 6.07) is 7.28. The molecule has 0 saturated carbocycles. The summed E-state index contributed by atoms with van der Waals surface area (Å²) >= 11 is 13.8. The number of aromatic nitrogens is 2. The van der Waals surface area contributed by atoms with Gasteiger partial charge in [-0.3, -0.25) is 9.78 Å². The summed E-state index contributed by atoms with van der Waals surface area (Å²) < 4.78 is 0. The number of hydrogen-bond acceptors (Lipinski definition) is 7. The molecule has 0 radical (unpaired) electrons. The van der Waals surface area contributed by atoms with Gasteiger partial charge in [-0.25, -0.2) is 4.98 Å². The van der Waals surface area contributed by atoms with Crippen LogP contribution in [0.15, 0.2) is 36.7 Å². The number of halogens is 2. The highest BCUT2D eigenvalue weighted by atomic mass is 35.5. The second kappa shape index (κ2) is 8.89. The second-order valence-electron chi connectivity index (χ2n) is 7.28. The van der Waals surface area contributed by atoms with E-state index in [9.17, 15) is 4.79 Å². The van der Waals surface area contributed by atoms with Crippen molar-refractivity contribution in [3.63, 3.8) is 0 Å². The van der Waals surface area contributed by atoms with Gasteiger partial charge in [0.25, 0.3) is 0 Å². The van der Waals surface area contributed by atoms with Gasteiger partial charge in [-0.15, -0.1) is 0 Å². The fraction of sp³-hybridized carbons (Fsp3) is 0.286. The quantitative estimate of drug-likeness (QED) is 0.544. The van der Waals surface area contributed by atoms with E-state index in [2.05, 4.69) is 14.9 Å². The Kier molecular flexibility index (Phi) is 6.24. The summed E-state index contributed by atoms with van der Waals surface area (Å²) in [5, 5.41) is 1.80. The summed E-state index contributed by atoms with van der Waals surface area (Å²) in [4.78, 5) is 24.0. The van der Waals surface area contributed by atoms with Crippen LogP contribution in [-0.2, 0) is 6.42 Å². The third-order valence-electron chi connectivity index (χ3n) is 5.12. The Morgan fingerprint density at radius 3 is 2.77 bits per heavy atom. The molecule has 1 saturated heterocycles. The summed E-state index contributed by atoms with van der Waals surface area (Å²) in [5.41, 5.74) is 14.9. The monoisotopic (exact) mass is 461 g/mol. The molecule has 0 bridgehead atoms. The zero-order valence-electron chi connectivity index (χ0n) is 16.1. The summed E-state index contributed by atoms with van der Waals surface area (Å²) in [6.45, 7) is 1.67. The highest BCUT2D eigenvalue weighted by molar-refractivity contribution is 7.19. The second-order valence-corrected chi connectivity index (χ2v) is 9.13. The van der Waals surface area contributed by atoms with E-state index in [1.807, 2.05) is 6.07 Å². The molecule has 1 fully saturated rings. The number of anilines is 2.